The first kappa shape index (κ1) is 19.5. The molecule has 0 fully saturated rings. The van der Waals surface area contributed by atoms with Crippen LogP contribution < -0.4 is 4.90 Å². The molecule has 0 aliphatic heterocycles. The van der Waals surface area contributed by atoms with Gasteiger partial charge in [-0.2, -0.15) is 0 Å². The third kappa shape index (κ3) is 4.61. The van der Waals surface area contributed by atoms with E-state index in [0.717, 1.165) is 18.7 Å². The molecule has 0 aliphatic carbocycles. The highest BCUT2D eigenvalue weighted by molar-refractivity contribution is 6.15. The average Bonchev–Trinajstić information content (AvgIpc) is 2.64. The molecule has 0 saturated carbocycles. The number of carbonyl (C=O) groups excluding carboxylic acids is 1. The SMILES string of the molecule is CCOCCCN(C)c1ccc(C(=O)c2ccccc2C(=O)O)c(O)c1. The quantitative estimate of drug-likeness (QED) is 0.529. The number of hydrogen-bond donors (Lipinski definition) is 2. The molecule has 2 rings (SSSR count). The molecule has 0 saturated heterocycles. The summed E-state index contributed by atoms with van der Waals surface area (Å²) in [4.78, 5) is 25.9. The van der Waals surface area contributed by atoms with Crippen LogP contribution >= 0.6 is 0 Å². The summed E-state index contributed by atoms with van der Waals surface area (Å²) in [6.45, 7) is 4.03. The van der Waals surface area contributed by atoms with Crippen LogP contribution in [0.1, 0.15) is 39.6 Å². The van der Waals surface area contributed by atoms with Crippen LogP contribution in [-0.2, 0) is 4.74 Å². The zero-order valence-electron chi connectivity index (χ0n) is 14.9. The number of nitrogens with zero attached hydrogens (tertiary/aromatic N) is 1. The van der Waals surface area contributed by atoms with Gasteiger partial charge in [-0.1, -0.05) is 18.2 Å². The van der Waals surface area contributed by atoms with E-state index in [9.17, 15) is 19.8 Å². The number of phenols is 1. The number of phenolic OH excluding ortho intramolecular Hbond substituents is 1. The maximum absolute atomic E-state index is 12.7. The van der Waals surface area contributed by atoms with Gasteiger partial charge in [-0.05, 0) is 31.5 Å². The Hall–Kier alpha value is -2.86. The van der Waals surface area contributed by atoms with Crippen molar-refractivity contribution in [2.24, 2.45) is 0 Å². The highest BCUT2D eigenvalue weighted by Gasteiger charge is 2.20. The normalized spacial score (nSPS) is 10.5. The average molecular weight is 357 g/mol. The molecule has 0 radical (unpaired) electrons. The van der Waals surface area contributed by atoms with Gasteiger partial charge in [0.1, 0.15) is 5.75 Å². The first-order valence-electron chi connectivity index (χ1n) is 8.44. The van der Waals surface area contributed by atoms with Gasteiger partial charge in [0, 0.05) is 44.1 Å². The van der Waals surface area contributed by atoms with Gasteiger partial charge in [0.05, 0.1) is 11.1 Å². The van der Waals surface area contributed by atoms with Crippen molar-refractivity contribution in [1.29, 1.82) is 0 Å². The Morgan fingerprint density at radius 2 is 1.77 bits per heavy atom. The third-order valence-electron chi connectivity index (χ3n) is 4.06. The number of ether oxygens (including phenoxy) is 1. The lowest BCUT2D eigenvalue weighted by molar-refractivity contribution is 0.0692. The number of carboxylic acids is 1. The number of rotatable bonds is 9. The van der Waals surface area contributed by atoms with Crippen LogP contribution in [0, 0.1) is 0 Å². The first-order chi connectivity index (χ1) is 12.5. The highest BCUT2D eigenvalue weighted by Crippen LogP contribution is 2.27. The van der Waals surface area contributed by atoms with Crippen molar-refractivity contribution < 1.29 is 24.5 Å². The first-order valence-corrected chi connectivity index (χ1v) is 8.44. The second kappa shape index (κ2) is 9.01. The Morgan fingerprint density at radius 1 is 1.08 bits per heavy atom. The topological polar surface area (TPSA) is 87.1 Å². The van der Waals surface area contributed by atoms with Gasteiger partial charge in [0.25, 0.3) is 0 Å². The number of aromatic hydroxyl groups is 1. The minimum absolute atomic E-state index is 0.0492. The standard InChI is InChI=1S/C20H23NO5/c1-3-26-12-6-11-21(2)14-9-10-17(18(22)13-14)19(23)15-7-4-5-8-16(15)20(24)25/h4-5,7-10,13,22H,3,6,11-12H2,1-2H3,(H,24,25). The van der Waals surface area contributed by atoms with Crippen molar-refractivity contribution in [3.05, 3.63) is 59.2 Å². The largest absolute Gasteiger partial charge is 0.507 e. The van der Waals surface area contributed by atoms with Crippen LogP contribution in [-0.4, -0.2) is 48.8 Å². The van der Waals surface area contributed by atoms with Crippen LogP contribution in [0.3, 0.4) is 0 Å². The van der Waals surface area contributed by atoms with Gasteiger partial charge < -0.3 is 19.8 Å². The van der Waals surface area contributed by atoms with E-state index in [0.29, 0.717) is 13.2 Å². The molecular formula is C20H23NO5. The van der Waals surface area contributed by atoms with E-state index < -0.39 is 11.8 Å². The number of anilines is 1. The molecule has 2 aromatic rings. The second-order valence-electron chi connectivity index (χ2n) is 5.85. The molecule has 138 valence electrons. The molecule has 0 amide bonds. The molecular weight excluding hydrogens is 334 g/mol. The fourth-order valence-corrected chi connectivity index (χ4v) is 2.64. The van der Waals surface area contributed by atoms with Crippen molar-refractivity contribution in [2.45, 2.75) is 13.3 Å². The maximum Gasteiger partial charge on any atom is 0.336 e. The van der Waals surface area contributed by atoms with E-state index in [2.05, 4.69) is 0 Å². The predicted octanol–water partition coefficient (Wildman–Crippen LogP) is 3.18. The van der Waals surface area contributed by atoms with Gasteiger partial charge in [-0.15, -0.1) is 0 Å². The Kier molecular flexibility index (Phi) is 6.74. The molecule has 2 aromatic carbocycles. The van der Waals surface area contributed by atoms with Gasteiger partial charge >= 0.3 is 5.97 Å². The van der Waals surface area contributed by atoms with E-state index in [-0.39, 0.29) is 22.4 Å². The number of carboxylic acid groups (broad SMARTS) is 1. The van der Waals surface area contributed by atoms with Gasteiger partial charge in [-0.25, -0.2) is 4.79 Å². The summed E-state index contributed by atoms with van der Waals surface area (Å²) in [5.74, 6) is -1.88. The zero-order chi connectivity index (χ0) is 19.1. The number of hydrogen-bond acceptors (Lipinski definition) is 5. The molecule has 2 N–H and O–H groups in total. The lowest BCUT2D eigenvalue weighted by Gasteiger charge is -2.20. The number of carbonyl (C=O) groups is 2. The second-order valence-corrected chi connectivity index (χ2v) is 5.85. The van der Waals surface area contributed by atoms with Gasteiger partial charge in [0.15, 0.2) is 5.78 Å². The molecule has 0 bridgehead atoms. The molecule has 0 aromatic heterocycles. The molecule has 0 atom stereocenters. The minimum atomic E-state index is -1.18. The lowest BCUT2D eigenvalue weighted by Crippen LogP contribution is -2.20. The van der Waals surface area contributed by atoms with E-state index >= 15 is 0 Å². The van der Waals surface area contributed by atoms with Crippen LogP contribution in [0.5, 0.6) is 5.75 Å². The fourth-order valence-electron chi connectivity index (χ4n) is 2.64. The summed E-state index contributed by atoms with van der Waals surface area (Å²) in [5.41, 5.74) is 0.800. The monoisotopic (exact) mass is 357 g/mol. The van der Waals surface area contributed by atoms with Crippen LogP contribution in [0.25, 0.3) is 0 Å². The van der Waals surface area contributed by atoms with Crippen LogP contribution in [0.15, 0.2) is 42.5 Å². The molecule has 0 aliphatic rings. The predicted molar refractivity (Wildman–Crippen MR) is 99.3 cm³/mol. The summed E-state index contributed by atoms with van der Waals surface area (Å²) >= 11 is 0. The van der Waals surface area contributed by atoms with Gasteiger partial charge in [-0.3, -0.25) is 4.79 Å². The Labute approximate surface area is 152 Å². The molecule has 0 spiro atoms. The van der Waals surface area contributed by atoms with Crippen molar-refractivity contribution in [1.82, 2.24) is 0 Å². The van der Waals surface area contributed by atoms with Crippen LogP contribution in [0.2, 0.25) is 0 Å². The van der Waals surface area contributed by atoms with Crippen molar-refractivity contribution in [2.75, 3.05) is 31.7 Å². The lowest BCUT2D eigenvalue weighted by atomic mass is 9.97. The molecule has 6 heteroatoms. The van der Waals surface area contributed by atoms with Crippen LogP contribution in [0.4, 0.5) is 5.69 Å². The summed E-state index contributed by atoms with van der Waals surface area (Å²) in [6, 6.07) is 10.7. The van der Waals surface area contributed by atoms with Crippen molar-refractivity contribution in [3.63, 3.8) is 0 Å². The molecule has 26 heavy (non-hydrogen) atoms. The highest BCUT2D eigenvalue weighted by atomic mass is 16.5. The van der Waals surface area contributed by atoms with E-state index in [1.54, 1.807) is 18.2 Å². The third-order valence-corrected chi connectivity index (χ3v) is 4.06. The summed E-state index contributed by atoms with van der Waals surface area (Å²) < 4.78 is 5.30. The molecule has 0 unspecified atom stereocenters. The number of ketones is 1. The summed E-state index contributed by atoms with van der Waals surface area (Å²) in [7, 11) is 1.89. The fraction of sp³-hybridized carbons (Fsp3) is 0.300. The number of aromatic carboxylic acids is 1. The Morgan fingerprint density at radius 3 is 2.38 bits per heavy atom. The molecule has 0 heterocycles. The summed E-state index contributed by atoms with van der Waals surface area (Å²) in [6.07, 6.45) is 0.845. The molecule has 6 nitrogen and oxygen atoms in total. The Balaban J connectivity index is 2.19. The van der Waals surface area contributed by atoms with E-state index in [1.807, 2.05) is 18.9 Å². The number of benzene rings is 2. The van der Waals surface area contributed by atoms with Crippen molar-refractivity contribution in [3.8, 4) is 5.75 Å². The zero-order valence-corrected chi connectivity index (χ0v) is 14.9. The van der Waals surface area contributed by atoms with E-state index in [4.69, 9.17) is 4.74 Å². The van der Waals surface area contributed by atoms with Gasteiger partial charge in [0.2, 0.25) is 0 Å². The Bertz CT molecular complexity index is 788. The minimum Gasteiger partial charge on any atom is -0.507 e. The van der Waals surface area contributed by atoms with Crippen molar-refractivity contribution >= 4 is 17.4 Å². The summed E-state index contributed by atoms with van der Waals surface area (Å²) in [5, 5.41) is 19.5. The smallest absolute Gasteiger partial charge is 0.336 e. The maximum atomic E-state index is 12.7. The van der Waals surface area contributed by atoms with E-state index in [1.165, 1.54) is 24.3 Å².